The normalized spacial score (nSPS) is 12.7. The molecule has 8 nitrogen and oxygen atoms in total. The summed E-state index contributed by atoms with van der Waals surface area (Å²) in [5.74, 6) is 0. The summed E-state index contributed by atoms with van der Waals surface area (Å²) in [5, 5.41) is 0. The number of rotatable bonds is 32. The first-order valence-corrected chi connectivity index (χ1v) is 26.1. The predicted molar refractivity (Wildman–Crippen MR) is 213 cm³/mol. The van der Waals surface area contributed by atoms with Gasteiger partial charge in [-0.3, -0.25) is 0 Å². The van der Waals surface area contributed by atoms with E-state index in [2.05, 4.69) is 13.8 Å². The maximum absolute atomic E-state index is 14.1. The Morgan fingerprint density at radius 2 is 0.736 bits per heavy atom. The molecule has 0 fully saturated rings. The second kappa shape index (κ2) is 26.7. The molecule has 0 aliphatic rings. The Hall–Kier alpha value is -1.11. The second-order valence-electron chi connectivity index (χ2n) is 15.0. The average Bonchev–Trinajstić information content (AvgIpc) is 3.09. The molecule has 0 bridgehead atoms. The van der Waals surface area contributed by atoms with E-state index < -0.39 is 50.6 Å². The van der Waals surface area contributed by atoms with Crippen LogP contribution in [0.4, 0.5) is 0 Å². The zero-order chi connectivity index (χ0) is 39.0. The van der Waals surface area contributed by atoms with Crippen molar-refractivity contribution in [1.29, 1.82) is 0 Å². The Balaban J connectivity index is 2.18. The van der Waals surface area contributed by atoms with Gasteiger partial charge in [-0.05, 0) is 0 Å². The van der Waals surface area contributed by atoms with Crippen LogP contribution in [0.25, 0.3) is 0 Å². The number of benzene rings is 2. The van der Waals surface area contributed by atoms with Crippen LogP contribution in [0.5, 0.6) is 0 Å². The van der Waals surface area contributed by atoms with Gasteiger partial charge in [-0.1, -0.05) is 52.4 Å². The Bertz CT molecular complexity index is 1370. The van der Waals surface area contributed by atoms with Crippen molar-refractivity contribution in [3.8, 4) is 0 Å². The number of hydrogen-bond donors (Lipinski definition) is 0. The molecule has 2 rings (SSSR count). The SMILES string of the molecule is CCCCCCCCCCCCc1ccccc1S(=O)(=O)[O][Ti]([O]C(C)C)([O]C(C)C)[O]S(=O)(=O)c1ccccc1CCCCCCCCCCCC. The minimum Gasteiger partial charge on any atom is -0.0654 e. The van der Waals surface area contributed by atoms with E-state index in [0.29, 0.717) is 24.0 Å². The van der Waals surface area contributed by atoms with E-state index in [0.717, 1.165) is 38.5 Å². The molecule has 11 heteroatoms. The minimum atomic E-state index is -5.62. The van der Waals surface area contributed by atoms with Crippen molar-refractivity contribution in [2.75, 3.05) is 0 Å². The van der Waals surface area contributed by atoms with Crippen molar-refractivity contribution >= 4 is 20.2 Å². The van der Waals surface area contributed by atoms with Gasteiger partial charge in [0.25, 0.3) is 0 Å². The summed E-state index contributed by atoms with van der Waals surface area (Å²) in [6, 6.07) is 13.5. The molecule has 0 spiro atoms. The van der Waals surface area contributed by atoms with Crippen LogP contribution in [0.1, 0.15) is 181 Å². The molecule has 53 heavy (non-hydrogen) atoms. The van der Waals surface area contributed by atoms with Gasteiger partial charge >= 0.3 is 279 Å². The van der Waals surface area contributed by atoms with Crippen LogP contribution < -0.4 is 0 Å². The zero-order valence-electron chi connectivity index (χ0n) is 33.9. The predicted octanol–water partition coefficient (Wildman–Crippen LogP) is 12.4. The van der Waals surface area contributed by atoms with Gasteiger partial charge in [0.1, 0.15) is 0 Å². The molecule has 0 saturated carbocycles. The summed E-state index contributed by atoms with van der Waals surface area (Å²) < 4.78 is 80.2. The molecule has 2 aromatic carbocycles. The third-order valence-electron chi connectivity index (χ3n) is 9.27. The van der Waals surface area contributed by atoms with Crippen LogP contribution in [0.15, 0.2) is 58.3 Å². The van der Waals surface area contributed by atoms with Gasteiger partial charge < -0.3 is 0 Å². The summed E-state index contributed by atoms with van der Waals surface area (Å²) >= 11 is -5.62. The summed E-state index contributed by atoms with van der Waals surface area (Å²) in [7, 11) is -9.11. The molecule has 0 heterocycles. The number of aryl methyl sites for hydroxylation is 2. The van der Waals surface area contributed by atoms with Crippen molar-refractivity contribution in [2.45, 2.75) is 205 Å². The third-order valence-corrected chi connectivity index (χ3v) is 18.3. The van der Waals surface area contributed by atoms with Crippen LogP contribution in [0.3, 0.4) is 0 Å². The monoisotopic (exact) mass is 816 g/mol. The molecule has 0 saturated heterocycles. The van der Waals surface area contributed by atoms with Gasteiger partial charge in [-0.2, -0.15) is 0 Å². The minimum absolute atomic E-state index is 0.0204. The van der Waals surface area contributed by atoms with Crippen LogP contribution in [0, 0.1) is 0 Å². The summed E-state index contributed by atoms with van der Waals surface area (Å²) in [5.41, 5.74) is 1.23. The zero-order valence-corrected chi connectivity index (χ0v) is 37.1. The molecule has 0 aromatic heterocycles. The quantitative estimate of drug-likeness (QED) is 0.0531. The van der Waals surface area contributed by atoms with Crippen molar-refractivity contribution in [3.63, 3.8) is 0 Å². The first kappa shape index (κ1) is 48.0. The molecule has 2 aromatic rings. The first-order chi connectivity index (χ1) is 25.4. The van der Waals surface area contributed by atoms with Gasteiger partial charge in [-0.25, -0.2) is 0 Å². The van der Waals surface area contributed by atoms with Crippen molar-refractivity contribution in [1.82, 2.24) is 0 Å². The van der Waals surface area contributed by atoms with Crippen molar-refractivity contribution in [3.05, 3.63) is 59.7 Å². The Kier molecular flexibility index (Phi) is 24.2. The standard InChI is InChI=1S/2C18H30O3S.2C3H7O.Ti/c2*1-2-3-4-5-6-7-8-9-10-11-14-17-15-12-13-16-18(17)22(19,20)21;2*1-3(2)4;/h2*12-13,15-16H,2-11,14H2,1H3,(H,19,20,21);2*3H,1-2H3;/q;;2*-1;+4/p-2. The first-order valence-electron chi connectivity index (χ1n) is 20.8. The molecule has 0 aliphatic heterocycles. The molecular weight excluding hydrogens is 744 g/mol. The molecule has 304 valence electrons. The summed E-state index contributed by atoms with van der Waals surface area (Å²) in [6.07, 6.45) is 23.4. The van der Waals surface area contributed by atoms with Crippen molar-refractivity contribution in [2.24, 2.45) is 0 Å². The number of hydrogen-bond acceptors (Lipinski definition) is 8. The topological polar surface area (TPSA) is 105 Å². The molecule has 0 N–H and O–H groups in total. The van der Waals surface area contributed by atoms with E-state index in [1.54, 1.807) is 64.1 Å². The van der Waals surface area contributed by atoms with Gasteiger partial charge in [0, 0.05) is 0 Å². The summed E-state index contributed by atoms with van der Waals surface area (Å²) in [6.45, 7) is 11.2. The van der Waals surface area contributed by atoms with E-state index in [1.165, 1.54) is 102 Å². The molecule has 0 aliphatic carbocycles. The van der Waals surface area contributed by atoms with E-state index in [9.17, 15) is 16.8 Å². The van der Waals surface area contributed by atoms with Gasteiger partial charge in [0.05, 0.1) is 0 Å². The smallest absolute Gasteiger partial charge is 0.0654 e. The fourth-order valence-corrected chi connectivity index (χ4v) is 15.4. The molecule has 0 atom stereocenters. The molecular formula is C42H72O8S2Ti. The Morgan fingerprint density at radius 3 is 1.04 bits per heavy atom. The fraction of sp³-hybridized carbons (Fsp3) is 0.714. The van der Waals surface area contributed by atoms with E-state index in [4.69, 9.17) is 12.2 Å². The van der Waals surface area contributed by atoms with Gasteiger partial charge in [-0.15, -0.1) is 0 Å². The summed E-state index contributed by atoms with van der Waals surface area (Å²) in [4.78, 5) is -0.0408. The van der Waals surface area contributed by atoms with Gasteiger partial charge in [0.2, 0.25) is 0 Å². The van der Waals surface area contributed by atoms with E-state index in [1.807, 2.05) is 0 Å². The van der Waals surface area contributed by atoms with Crippen LogP contribution in [0.2, 0.25) is 0 Å². The van der Waals surface area contributed by atoms with E-state index >= 15 is 0 Å². The second-order valence-corrected chi connectivity index (χ2v) is 21.9. The Morgan fingerprint density at radius 1 is 0.453 bits per heavy atom. The molecule has 0 amide bonds. The van der Waals surface area contributed by atoms with Crippen LogP contribution >= 0.6 is 0 Å². The Labute approximate surface area is 330 Å². The number of unbranched alkanes of at least 4 members (excludes halogenated alkanes) is 18. The van der Waals surface area contributed by atoms with Gasteiger partial charge in [0.15, 0.2) is 0 Å². The molecule has 0 radical (unpaired) electrons. The molecule has 0 unspecified atom stereocenters. The maximum atomic E-state index is 14.1. The van der Waals surface area contributed by atoms with E-state index in [-0.39, 0.29) is 9.79 Å². The van der Waals surface area contributed by atoms with Crippen LogP contribution in [-0.2, 0) is 63.4 Å². The van der Waals surface area contributed by atoms with Crippen LogP contribution in [-0.4, -0.2) is 29.0 Å². The fourth-order valence-electron chi connectivity index (χ4n) is 6.57. The third kappa shape index (κ3) is 19.5. The van der Waals surface area contributed by atoms with Crippen molar-refractivity contribution < 1.29 is 47.1 Å². The average molecular weight is 817 g/mol.